The van der Waals surface area contributed by atoms with E-state index in [9.17, 15) is 13.2 Å². The molecule has 1 saturated heterocycles. The molecule has 2 rings (SSSR count). The molecule has 30 heavy (non-hydrogen) atoms. The Bertz CT molecular complexity index is 648. The van der Waals surface area contributed by atoms with E-state index in [-0.39, 0.29) is 35.3 Å². The average Bonchev–Trinajstić information content (AvgIpc) is 2.69. The zero-order valence-electron chi connectivity index (χ0n) is 17.7. The van der Waals surface area contributed by atoms with Crippen LogP contribution in [0.1, 0.15) is 26.3 Å². The highest BCUT2D eigenvalue weighted by molar-refractivity contribution is 14.0. The zero-order chi connectivity index (χ0) is 21.3. The number of halogens is 4. The first-order valence-electron chi connectivity index (χ1n) is 9.83. The second kappa shape index (κ2) is 12.6. The summed E-state index contributed by atoms with van der Waals surface area (Å²) in [6.45, 7) is 10.3. The maximum atomic E-state index is 12.2. The fourth-order valence-corrected chi connectivity index (χ4v) is 2.95. The van der Waals surface area contributed by atoms with Crippen LogP contribution in [-0.4, -0.2) is 68.6 Å². The molecule has 0 saturated carbocycles. The lowest BCUT2D eigenvalue weighted by atomic mass is 10.0. The first-order valence-corrected chi connectivity index (χ1v) is 9.83. The average molecular weight is 544 g/mol. The normalized spacial score (nSPS) is 16.0. The molecule has 0 aromatic heterocycles. The van der Waals surface area contributed by atoms with Crippen molar-refractivity contribution < 1.29 is 22.6 Å². The van der Waals surface area contributed by atoms with Gasteiger partial charge in [0.25, 0.3) is 0 Å². The number of ether oxygens (including phenoxy) is 2. The number of nitrogens with zero attached hydrogens (tertiary/aromatic N) is 2. The van der Waals surface area contributed by atoms with Crippen LogP contribution in [0.5, 0.6) is 5.75 Å². The molecule has 10 heteroatoms. The van der Waals surface area contributed by atoms with Gasteiger partial charge in [-0.3, -0.25) is 4.90 Å². The third-order valence-corrected chi connectivity index (χ3v) is 4.65. The number of aliphatic imine (C=N–C) groups is 1. The summed E-state index contributed by atoms with van der Waals surface area (Å²) in [5.74, 6) is 0.888. The lowest BCUT2D eigenvalue weighted by molar-refractivity contribution is -0.153. The Morgan fingerprint density at radius 1 is 1.13 bits per heavy atom. The maximum Gasteiger partial charge on any atom is 0.422 e. The predicted molar refractivity (Wildman–Crippen MR) is 123 cm³/mol. The first kappa shape index (κ1) is 26.8. The summed E-state index contributed by atoms with van der Waals surface area (Å²) in [5, 5.41) is 6.61. The van der Waals surface area contributed by atoms with Crippen molar-refractivity contribution in [1.29, 1.82) is 0 Å². The van der Waals surface area contributed by atoms with Crippen molar-refractivity contribution in [2.45, 2.75) is 39.0 Å². The fourth-order valence-electron chi connectivity index (χ4n) is 2.95. The van der Waals surface area contributed by atoms with Crippen molar-refractivity contribution in [3.63, 3.8) is 0 Å². The van der Waals surface area contributed by atoms with Crippen LogP contribution < -0.4 is 15.4 Å². The van der Waals surface area contributed by atoms with E-state index in [1.165, 1.54) is 12.1 Å². The summed E-state index contributed by atoms with van der Waals surface area (Å²) >= 11 is 0. The smallest absolute Gasteiger partial charge is 0.422 e. The molecule has 1 heterocycles. The van der Waals surface area contributed by atoms with Crippen LogP contribution in [0.15, 0.2) is 29.3 Å². The minimum atomic E-state index is -4.34. The summed E-state index contributed by atoms with van der Waals surface area (Å²) in [6.07, 6.45) is -4.34. The van der Waals surface area contributed by atoms with Gasteiger partial charge in [-0.25, -0.2) is 4.99 Å². The number of morpholine rings is 1. The number of benzene rings is 1. The fraction of sp³-hybridized carbons (Fsp3) is 0.650. The highest BCUT2D eigenvalue weighted by atomic mass is 127. The van der Waals surface area contributed by atoms with Crippen LogP contribution in [0.4, 0.5) is 13.2 Å². The highest BCUT2D eigenvalue weighted by Gasteiger charge is 2.29. The Morgan fingerprint density at radius 2 is 1.77 bits per heavy atom. The molecule has 6 nitrogen and oxygen atoms in total. The molecule has 0 aliphatic carbocycles. The highest BCUT2D eigenvalue weighted by Crippen LogP contribution is 2.19. The Morgan fingerprint density at radius 3 is 2.33 bits per heavy atom. The Balaban J connectivity index is 0.00000450. The van der Waals surface area contributed by atoms with Gasteiger partial charge in [-0.15, -0.1) is 24.0 Å². The molecule has 1 aromatic rings. The van der Waals surface area contributed by atoms with E-state index >= 15 is 0 Å². The Hall–Kier alpha value is -1.27. The third-order valence-electron chi connectivity index (χ3n) is 4.65. The quantitative estimate of drug-likeness (QED) is 0.299. The van der Waals surface area contributed by atoms with Crippen LogP contribution in [0.2, 0.25) is 0 Å². The molecule has 0 spiro atoms. The standard InChI is InChI=1S/C20H31F3N4O2.HI/c1-4-24-18(26-14-19(2,3)27-9-11-28-12-10-27)25-13-16-5-7-17(8-6-16)29-15-20(21,22)23;/h5-8H,4,9-15H2,1-3H3,(H2,24,25,26);1H. The largest absolute Gasteiger partial charge is 0.484 e. The summed E-state index contributed by atoms with van der Waals surface area (Å²) in [6, 6.07) is 6.49. The van der Waals surface area contributed by atoms with Gasteiger partial charge < -0.3 is 20.1 Å². The SMILES string of the molecule is CCNC(=NCc1ccc(OCC(F)(F)F)cc1)NCC(C)(C)N1CCOCC1.I. The maximum absolute atomic E-state index is 12.2. The summed E-state index contributed by atoms with van der Waals surface area (Å²) in [7, 11) is 0. The molecular formula is C20H32F3IN4O2. The minimum absolute atomic E-state index is 0. The van der Waals surface area contributed by atoms with Crippen molar-refractivity contribution in [3.05, 3.63) is 29.8 Å². The van der Waals surface area contributed by atoms with E-state index in [0.717, 1.165) is 45.0 Å². The number of alkyl halides is 3. The van der Waals surface area contributed by atoms with Crippen molar-refractivity contribution in [1.82, 2.24) is 15.5 Å². The molecule has 1 fully saturated rings. The summed E-state index contributed by atoms with van der Waals surface area (Å²) < 4.78 is 46.8. The number of hydrogen-bond donors (Lipinski definition) is 2. The molecule has 1 aliphatic heterocycles. The topological polar surface area (TPSA) is 58.1 Å². The molecular weight excluding hydrogens is 512 g/mol. The van der Waals surface area contributed by atoms with E-state index in [1.54, 1.807) is 12.1 Å². The van der Waals surface area contributed by atoms with Gasteiger partial charge in [0, 0.05) is 31.7 Å². The van der Waals surface area contributed by atoms with Gasteiger partial charge >= 0.3 is 6.18 Å². The third kappa shape index (κ3) is 9.69. The van der Waals surface area contributed by atoms with Crippen molar-refractivity contribution >= 4 is 29.9 Å². The second-order valence-corrected chi connectivity index (χ2v) is 7.51. The molecule has 1 aromatic carbocycles. The molecule has 0 unspecified atom stereocenters. The first-order chi connectivity index (χ1) is 13.7. The van der Waals surface area contributed by atoms with E-state index in [1.807, 2.05) is 6.92 Å². The van der Waals surface area contributed by atoms with Gasteiger partial charge in [0.05, 0.1) is 19.8 Å². The van der Waals surface area contributed by atoms with Gasteiger partial charge in [0.2, 0.25) is 0 Å². The molecule has 1 aliphatic rings. The zero-order valence-corrected chi connectivity index (χ0v) is 20.0. The monoisotopic (exact) mass is 544 g/mol. The number of hydrogen-bond acceptors (Lipinski definition) is 4. The lowest BCUT2D eigenvalue weighted by Crippen LogP contribution is -2.56. The molecule has 0 radical (unpaired) electrons. The molecule has 2 N–H and O–H groups in total. The van der Waals surface area contributed by atoms with E-state index in [0.29, 0.717) is 12.5 Å². The van der Waals surface area contributed by atoms with E-state index in [2.05, 4.69) is 34.4 Å². The van der Waals surface area contributed by atoms with Gasteiger partial charge in [0.1, 0.15) is 5.75 Å². The van der Waals surface area contributed by atoms with Crippen molar-refractivity contribution in [2.24, 2.45) is 4.99 Å². The van der Waals surface area contributed by atoms with Crippen molar-refractivity contribution in [2.75, 3.05) is 46.0 Å². The molecule has 0 atom stereocenters. The van der Waals surface area contributed by atoms with Gasteiger partial charge in [-0.2, -0.15) is 13.2 Å². The molecule has 172 valence electrons. The van der Waals surface area contributed by atoms with E-state index < -0.39 is 12.8 Å². The Labute approximate surface area is 193 Å². The van der Waals surface area contributed by atoms with E-state index in [4.69, 9.17) is 9.47 Å². The second-order valence-electron chi connectivity index (χ2n) is 7.51. The van der Waals surface area contributed by atoms with Gasteiger partial charge in [-0.1, -0.05) is 12.1 Å². The summed E-state index contributed by atoms with van der Waals surface area (Å²) in [4.78, 5) is 6.97. The van der Waals surface area contributed by atoms with Crippen LogP contribution in [-0.2, 0) is 11.3 Å². The van der Waals surface area contributed by atoms with Crippen LogP contribution in [0.3, 0.4) is 0 Å². The van der Waals surface area contributed by atoms with Gasteiger partial charge in [-0.05, 0) is 38.5 Å². The Kier molecular flexibility index (Phi) is 11.2. The molecule has 0 amide bonds. The minimum Gasteiger partial charge on any atom is -0.484 e. The number of nitrogens with one attached hydrogen (secondary N) is 2. The molecule has 0 bridgehead atoms. The number of rotatable bonds is 8. The van der Waals surface area contributed by atoms with Crippen LogP contribution >= 0.6 is 24.0 Å². The summed E-state index contributed by atoms with van der Waals surface area (Å²) in [5.41, 5.74) is 0.839. The van der Waals surface area contributed by atoms with Crippen LogP contribution in [0, 0.1) is 0 Å². The predicted octanol–water partition coefficient (Wildman–Crippen LogP) is 3.41. The number of guanidine groups is 1. The van der Waals surface area contributed by atoms with Gasteiger partial charge in [0.15, 0.2) is 12.6 Å². The lowest BCUT2D eigenvalue weighted by Gasteiger charge is -2.41. The van der Waals surface area contributed by atoms with Crippen LogP contribution in [0.25, 0.3) is 0 Å². The van der Waals surface area contributed by atoms with Crippen molar-refractivity contribution in [3.8, 4) is 5.75 Å².